The zero-order valence-corrected chi connectivity index (χ0v) is 15.2. The van der Waals surface area contributed by atoms with Crippen molar-refractivity contribution in [1.82, 2.24) is 15.5 Å². The maximum atomic E-state index is 5.70. The van der Waals surface area contributed by atoms with E-state index in [1.807, 2.05) is 24.3 Å². The van der Waals surface area contributed by atoms with Gasteiger partial charge in [0.2, 0.25) is 0 Å². The van der Waals surface area contributed by atoms with Gasteiger partial charge in [-0.25, -0.2) is 0 Å². The zero-order chi connectivity index (χ0) is 17.4. The zero-order valence-electron chi connectivity index (χ0n) is 15.2. The van der Waals surface area contributed by atoms with Crippen LogP contribution in [-0.2, 0) is 0 Å². The lowest BCUT2D eigenvalue weighted by Crippen LogP contribution is -2.46. The van der Waals surface area contributed by atoms with E-state index in [4.69, 9.17) is 9.47 Å². The van der Waals surface area contributed by atoms with Gasteiger partial charge in [0.05, 0.1) is 13.7 Å². The van der Waals surface area contributed by atoms with E-state index in [1.54, 1.807) is 14.2 Å². The summed E-state index contributed by atoms with van der Waals surface area (Å²) in [6.45, 7) is 2.19. The summed E-state index contributed by atoms with van der Waals surface area (Å²) in [6.07, 6.45) is 2.68. The Morgan fingerprint density at radius 3 is 2.42 bits per heavy atom. The van der Waals surface area contributed by atoms with Crippen molar-refractivity contribution in [3.8, 4) is 11.5 Å². The summed E-state index contributed by atoms with van der Waals surface area (Å²) in [5.41, 5.74) is 0. The Labute approximate surface area is 145 Å². The third-order valence-corrected chi connectivity index (χ3v) is 4.25. The molecule has 1 aliphatic carbocycles. The second-order valence-corrected chi connectivity index (χ2v) is 6.27. The third-order valence-electron chi connectivity index (χ3n) is 4.25. The van der Waals surface area contributed by atoms with Gasteiger partial charge in [-0.15, -0.1) is 0 Å². The minimum Gasteiger partial charge on any atom is -0.497 e. The van der Waals surface area contributed by atoms with Crippen LogP contribution in [0.1, 0.15) is 12.8 Å². The Kier molecular flexibility index (Phi) is 7.18. The summed E-state index contributed by atoms with van der Waals surface area (Å²) in [5.74, 6) is 3.31. The van der Waals surface area contributed by atoms with Gasteiger partial charge in [-0.05, 0) is 57.1 Å². The molecule has 134 valence electrons. The largest absolute Gasteiger partial charge is 0.497 e. The van der Waals surface area contributed by atoms with Crippen molar-refractivity contribution in [1.29, 1.82) is 0 Å². The molecule has 1 unspecified atom stereocenters. The molecule has 2 rings (SSSR count). The van der Waals surface area contributed by atoms with Crippen molar-refractivity contribution in [2.75, 3.05) is 47.9 Å². The van der Waals surface area contributed by atoms with Gasteiger partial charge in [-0.1, -0.05) is 0 Å². The van der Waals surface area contributed by atoms with Crippen molar-refractivity contribution in [3.63, 3.8) is 0 Å². The minimum atomic E-state index is 0.569. The molecule has 0 amide bonds. The Morgan fingerprint density at radius 2 is 1.88 bits per heavy atom. The molecule has 6 heteroatoms. The van der Waals surface area contributed by atoms with Gasteiger partial charge in [0, 0.05) is 19.6 Å². The van der Waals surface area contributed by atoms with Crippen molar-refractivity contribution in [2.24, 2.45) is 10.9 Å². The number of hydrogen-bond acceptors (Lipinski definition) is 4. The Balaban J connectivity index is 1.65. The number of hydrogen-bond donors (Lipinski definition) is 2. The molecule has 0 saturated heterocycles. The molecular formula is C18H30N4O2. The Bertz CT molecular complexity index is 510. The van der Waals surface area contributed by atoms with Crippen LogP contribution in [0.4, 0.5) is 0 Å². The molecule has 0 heterocycles. The van der Waals surface area contributed by atoms with Gasteiger partial charge in [0.25, 0.3) is 0 Å². The van der Waals surface area contributed by atoms with E-state index < -0.39 is 0 Å². The Hall–Kier alpha value is -1.95. The Morgan fingerprint density at radius 1 is 1.21 bits per heavy atom. The number of methoxy groups -OCH3 is 1. The number of likely N-dealkylation sites (N-methyl/N-ethyl adjacent to an activating group) is 1. The van der Waals surface area contributed by atoms with E-state index in [0.717, 1.165) is 29.9 Å². The first-order chi connectivity index (χ1) is 11.6. The highest BCUT2D eigenvalue weighted by Gasteiger charge is 2.32. The topological polar surface area (TPSA) is 58.1 Å². The van der Waals surface area contributed by atoms with Crippen LogP contribution < -0.4 is 20.1 Å². The van der Waals surface area contributed by atoms with Crippen LogP contribution in [0.15, 0.2) is 29.3 Å². The lowest BCUT2D eigenvalue weighted by molar-refractivity contribution is 0.263. The normalized spacial score (nSPS) is 16.0. The van der Waals surface area contributed by atoms with E-state index in [1.165, 1.54) is 12.8 Å². The molecular weight excluding hydrogens is 304 g/mol. The molecule has 0 aliphatic heterocycles. The van der Waals surface area contributed by atoms with Gasteiger partial charge < -0.3 is 25.0 Å². The minimum absolute atomic E-state index is 0.569. The number of aliphatic imine (C=N–C) groups is 1. The highest BCUT2D eigenvalue weighted by molar-refractivity contribution is 5.79. The lowest BCUT2D eigenvalue weighted by atomic mass is 10.1. The molecule has 0 radical (unpaired) electrons. The first-order valence-electron chi connectivity index (χ1n) is 8.52. The summed E-state index contributed by atoms with van der Waals surface area (Å²) < 4.78 is 10.8. The highest BCUT2D eigenvalue weighted by atomic mass is 16.5. The lowest BCUT2D eigenvalue weighted by Gasteiger charge is -2.25. The van der Waals surface area contributed by atoms with E-state index >= 15 is 0 Å². The molecule has 0 bridgehead atoms. The summed E-state index contributed by atoms with van der Waals surface area (Å²) in [6, 6.07) is 8.16. The predicted molar refractivity (Wildman–Crippen MR) is 98.1 cm³/mol. The van der Waals surface area contributed by atoms with Crippen LogP contribution in [0, 0.1) is 5.92 Å². The monoisotopic (exact) mass is 334 g/mol. The molecule has 2 N–H and O–H groups in total. The molecule has 1 atom stereocenters. The van der Waals surface area contributed by atoms with Crippen molar-refractivity contribution < 1.29 is 9.47 Å². The van der Waals surface area contributed by atoms with Crippen LogP contribution in [-0.4, -0.2) is 64.9 Å². The molecule has 1 aromatic rings. The van der Waals surface area contributed by atoms with E-state index in [-0.39, 0.29) is 0 Å². The number of benzene rings is 1. The van der Waals surface area contributed by atoms with Crippen LogP contribution in [0.3, 0.4) is 0 Å². The summed E-state index contributed by atoms with van der Waals surface area (Å²) in [5, 5.41) is 6.70. The number of ether oxygens (including phenoxy) is 2. The molecule has 1 saturated carbocycles. The molecule has 1 fully saturated rings. The van der Waals surface area contributed by atoms with Gasteiger partial charge in [0.15, 0.2) is 5.96 Å². The SMILES string of the molecule is CN=C(NCCOc1ccc(OC)cc1)NCC(C1CC1)N(C)C. The summed E-state index contributed by atoms with van der Waals surface area (Å²) in [4.78, 5) is 6.57. The van der Waals surface area contributed by atoms with Gasteiger partial charge in [0.1, 0.15) is 18.1 Å². The fourth-order valence-electron chi connectivity index (χ4n) is 2.68. The molecule has 0 aromatic heterocycles. The molecule has 1 aromatic carbocycles. The van der Waals surface area contributed by atoms with Crippen LogP contribution >= 0.6 is 0 Å². The number of guanidine groups is 1. The van der Waals surface area contributed by atoms with Crippen molar-refractivity contribution in [3.05, 3.63) is 24.3 Å². The predicted octanol–water partition coefficient (Wildman–Crippen LogP) is 1.58. The van der Waals surface area contributed by atoms with Crippen LogP contribution in [0.25, 0.3) is 0 Å². The number of nitrogens with one attached hydrogen (secondary N) is 2. The fraction of sp³-hybridized carbons (Fsp3) is 0.611. The second-order valence-electron chi connectivity index (χ2n) is 6.27. The highest BCUT2D eigenvalue weighted by Crippen LogP contribution is 2.34. The summed E-state index contributed by atoms with van der Waals surface area (Å²) >= 11 is 0. The second kappa shape index (κ2) is 9.37. The van der Waals surface area contributed by atoms with E-state index in [2.05, 4.69) is 34.6 Å². The maximum Gasteiger partial charge on any atom is 0.191 e. The average molecular weight is 334 g/mol. The van der Waals surface area contributed by atoms with Gasteiger partial charge >= 0.3 is 0 Å². The summed E-state index contributed by atoms with van der Waals surface area (Å²) in [7, 11) is 7.73. The first-order valence-corrected chi connectivity index (χ1v) is 8.52. The number of rotatable bonds is 9. The average Bonchev–Trinajstić information content (AvgIpc) is 3.42. The van der Waals surface area contributed by atoms with Crippen molar-refractivity contribution in [2.45, 2.75) is 18.9 Å². The van der Waals surface area contributed by atoms with Crippen LogP contribution in [0.5, 0.6) is 11.5 Å². The molecule has 0 spiro atoms. The number of nitrogens with zero attached hydrogens (tertiary/aromatic N) is 2. The quantitative estimate of drug-likeness (QED) is 0.408. The van der Waals surface area contributed by atoms with Crippen LogP contribution in [0.2, 0.25) is 0 Å². The molecule has 1 aliphatic rings. The first kappa shape index (κ1) is 18.4. The third kappa shape index (κ3) is 5.92. The van der Waals surface area contributed by atoms with Gasteiger partial charge in [-0.3, -0.25) is 4.99 Å². The standard InChI is InChI=1S/C18H30N4O2/c1-19-18(21-13-17(22(2)3)14-5-6-14)20-11-12-24-16-9-7-15(23-4)8-10-16/h7-10,14,17H,5-6,11-13H2,1-4H3,(H2,19,20,21). The van der Waals surface area contributed by atoms with E-state index in [0.29, 0.717) is 19.2 Å². The maximum absolute atomic E-state index is 5.70. The fourth-order valence-corrected chi connectivity index (χ4v) is 2.68. The molecule has 24 heavy (non-hydrogen) atoms. The van der Waals surface area contributed by atoms with Gasteiger partial charge in [-0.2, -0.15) is 0 Å². The molecule has 6 nitrogen and oxygen atoms in total. The smallest absolute Gasteiger partial charge is 0.191 e. The van der Waals surface area contributed by atoms with Crippen molar-refractivity contribution >= 4 is 5.96 Å². The van der Waals surface area contributed by atoms with E-state index in [9.17, 15) is 0 Å².